The lowest BCUT2D eigenvalue weighted by molar-refractivity contribution is 0.581. The van der Waals surface area contributed by atoms with Crippen LogP contribution in [0.5, 0.6) is 0 Å². The first-order valence-corrected chi connectivity index (χ1v) is 6.54. The van der Waals surface area contributed by atoms with Gasteiger partial charge >= 0.3 is 0 Å². The molecule has 2 aromatic rings. The van der Waals surface area contributed by atoms with Gasteiger partial charge in [0, 0.05) is 30.3 Å². The smallest absolute Gasteiger partial charge is 0.0522 e. The second-order valence-corrected chi connectivity index (χ2v) is 4.78. The second-order valence-electron chi connectivity index (χ2n) is 3.87. The first-order chi connectivity index (χ1) is 8.29. The molecule has 0 bridgehead atoms. The molecule has 17 heavy (non-hydrogen) atoms. The van der Waals surface area contributed by atoms with E-state index in [0.717, 1.165) is 24.1 Å². The lowest BCUT2D eigenvalue weighted by atomic mass is 10.2. The Kier molecular flexibility index (Phi) is 4.34. The van der Waals surface area contributed by atoms with E-state index >= 15 is 0 Å². The van der Waals surface area contributed by atoms with Gasteiger partial charge in [-0.3, -0.25) is 4.68 Å². The molecule has 0 fully saturated rings. The fraction of sp³-hybridized carbons (Fsp3) is 0.308. The van der Waals surface area contributed by atoms with Gasteiger partial charge in [-0.15, -0.1) is 0 Å². The number of hydrogen-bond donors (Lipinski definition) is 1. The van der Waals surface area contributed by atoms with Crippen LogP contribution in [0.2, 0.25) is 0 Å². The minimum absolute atomic E-state index is 0.851. The summed E-state index contributed by atoms with van der Waals surface area (Å²) >= 11 is 3.43. The van der Waals surface area contributed by atoms with Gasteiger partial charge in [-0.2, -0.15) is 5.10 Å². The minimum Gasteiger partial charge on any atom is -0.307 e. The maximum atomic E-state index is 4.24. The van der Waals surface area contributed by atoms with Crippen LogP contribution in [0, 0.1) is 0 Å². The minimum atomic E-state index is 0.851. The third-order valence-corrected chi connectivity index (χ3v) is 3.18. The van der Waals surface area contributed by atoms with Crippen molar-refractivity contribution in [1.29, 1.82) is 0 Å². The van der Waals surface area contributed by atoms with Crippen LogP contribution in [-0.2, 0) is 19.6 Å². The normalized spacial score (nSPS) is 10.7. The molecule has 0 spiro atoms. The van der Waals surface area contributed by atoms with E-state index in [-0.39, 0.29) is 0 Å². The highest BCUT2D eigenvalue weighted by atomic mass is 79.9. The highest BCUT2D eigenvalue weighted by Crippen LogP contribution is 2.10. The fourth-order valence-corrected chi connectivity index (χ4v) is 2.00. The molecule has 1 aromatic heterocycles. The Balaban J connectivity index is 1.85. The third kappa shape index (κ3) is 3.41. The average Bonchev–Trinajstić information content (AvgIpc) is 2.79. The van der Waals surface area contributed by atoms with E-state index in [2.05, 4.69) is 63.6 Å². The van der Waals surface area contributed by atoms with Gasteiger partial charge in [0.1, 0.15) is 0 Å². The van der Waals surface area contributed by atoms with Gasteiger partial charge in [-0.1, -0.05) is 28.1 Å². The number of hydrogen-bond acceptors (Lipinski definition) is 2. The Morgan fingerprint density at radius 1 is 1.18 bits per heavy atom. The van der Waals surface area contributed by atoms with Crippen molar-refractivity contribution in [1.82, 2.24) is 15.1 Å². The average molecular weight is 294 g/mol. The summed E-state index contributed by atoms with van der Waals surface area (Å²) in [6.07, 6.45) is 1.85. The summed E-state index contributed by atoms with van der Waals surface area (Å²) in [6, 6.07) is 10.4. The first-order valence-electron chi connectivity index (χ1n) is 5.75. The van der Waals surface area contributed by atoms with E-state index < -0.39 is 0 Å². The van der Waals surface area contributed by atoms with E-state index in [4.69, 9.17) is 0 Å². The van der Waals surface area contributed by atoms with Crippen LogP contribution < -0.4 is 5.32 Å². The molecule has 0 radical (unpaired) electrons. The van der Waals surface area contributed by atoms with Gasteiger partial charge in [0.05, 0.1) is 5.69 Å². The zero-order valence-corrected chi connectivity index (χ0v) is 11.4. The van der Waals surface area contributed by atoms with E-state index in [9.17, 15) is 0 Å². The number of aryl methyl sites for hydroxylation is 1. The summed E-state index contributed by atoms with van der Waals surface area (Å²) in [7, 11) is 0. The van der Waals surface area contributed by atoms with Crippen LogP contribution in [0.1, 0.15) is 18.2 Å². The molecule has 90 valence electrons. The molecule has 0 atom stereocenters. The van der Waals surface area contributed by atoms with Gasteiger partial charge in [-0.25, -0.2) is 0 Å². The topological polar surface area (TPSA) is 29.9 Å². The molecular formula is C13H16BrN3. The molecule has 0 aliphatic rings. The summed E-state index contributed by atoms with van der Waals surface area (Å²) in [6.45, 7) is 4.75. The molecule has 0 amide bonds. The van der Waals surface area contributed by atoms with Crippen molar-refractivity contribution in [3.05, 3.63) is 52.3 Å². The first kappa shape index (κ1) is 12.3. The zero-order chi connectivity index (χ0) is 12.1. The van der Waals surface area contributed by atoms with Crippen molar-refractivity contribution in [3.8, 4) is 0 Å². The predicted molar refractivity (Wildman–Crippen MR) is 72.6 cm³/mol. The van der Waals surface area contributed by atoms with Crippen LogP contribution in [0.15, 0.2) is 41.0 Å². The Bertz CT molecular complexity index is 462. The SMILES string of the molecule is CCn1nccc1CNCc1ccc(Br)cc1. The molecule has 0 aliphatic heterocycles. The quantitative estimate of drug-likeness (QED) is 0.919. The van der Waals surface area contributed by atoms with Crippen molar-refractivity contribution in [2.75, 3.05) is 0 Å². The summed E-state index contributed by atoms with van der Waals surface area (Å²) in [5.41, 5.74) is 2.51. The number of nitrogens with zero attached hydrogens (tertiary/aromatic N) is 2. The predicted octanol–water partition coefficient (Wildman–Crippen LogP) is 2.96. The molecule has 2 rings (SSSR count). The van der Waals surface area contributed by atoms with Crippen LogP contribution in [-0.4, -0.2) is 9.78 Å². The largest absolute Gasteiger partial charge is 0.307 e. The molecule has 1 heterocycles. The maximum Gasteiger partial charge on any atom is 0.0522 e. The summed E-state index contributed by atoms with van der Waals surface area (Å²) < 4.78 is 3.12. The van der Waals surface area contributed by atoms with Gasteiger partial charge in [0.15, 0.2) is 0 Å². The number of nitrogens with one attached hydrogen (secondary N) is 1. The fourth-order valence-electron chi connectivity index (χ4n) is 1.73. The Hall–Kier alpha value is -1.13. The van der Waals surface area contributed by atoms with Crippen molar-refractivity contribution < 1.29 is 0 Å². The van der Waals surface area contributed by atoms with Crippen molar-refractivity contribution >= 4 is 15.9 Å². The zero-order valence-electron chi connectivity index (χ0n) is 9.86. The molecule has 0 saturated carbocycles. The summed E-state index contributed by atoms with van der Waals surface area (Å²) in [5.74, 6) is 0. The van der Waals surface area contributed by atoms with E-state index in [0.29, 0.717) is 0 Å². The number of halogens is 1. The van der Waals surface area contributed by atoms with E-state index in [1.807, 2.05) is 10.9 Å². The van der Waals surface area contributed by atoms with Crippen LogP contribution in [0.25, 0.3) is 0 Å². The maximum absolute atomic E-state index is 4.24. The van der Waals surface area contributed by atoms with Crippen molar-refractivity contribution in [2.45, 2.75) is 26.6 Å². The molecule has 0 unspecified atom stereocenters. The van der Waals surface area contributed by atoms with Crippen molar-refractivity contribution in [2.24, 2.45) is 0 Å². The summed E-state index contributed by atoms with van der Waals surface area (Å²) in [5, 5.41) is 7.66. The third-order valence-electron chi connectivity index (χ3n) is 2.65. The van der Waals surface area contributed by atoms with Crippen LogP contribution in [0.4, 0.5) is 0 Å². The van der Waals surface area contributed by atoms with E-state index in [1.54, 1.807) is 0 Å². The van der Waals surface area contributed by atoms with E-state index in [1.165, 1.54) is 11.3 Å². The molecule has 0 saturated heterocycles. The highest BCUT2D eigenvalue weighted by molar-refractivity contribution is 9.10. The van der Waals surface area contributed by atoms with Gasteiger partial charge in [-0.05, 0) is 30.7 Å². The van der Waals surface area contributed by atoms with Crippen LogP contribution >= 0.6 is 15.9 Å². The Morgan fingerprint density at radius 2 is 1.94 bits per heavy atom. The molecular weight excluding hydrogens is 278 g/mol. The monoisotopic (exact) mass is 293 g/mol. The highest BCUT2D eigenvalue weighted by Gasteiger charge is 1.99. The lowest BCUT2D eigenvalue weighted by Crippen LogP contribution is -2.16. The standard InChI is InChI=1S/C13H16BrN3/c1-2-17-13(7-8-16-17)10-15-9-11-3-5-12(14)6-4-11/h3-8,15H,2,9-10H2,1H3. The van der Waals surface area contributed by atoms with Crippen molar-refractivity contribution in [3.63, 3.8) is 0 Å². The second kappa shape index (κ2) is 5.98. The summed E-state index contributed by atoms with van der Waals surface area (Å²) in [4.78, 5) is 0. The molecule has 4 heteroatoms. The molecule has 3 nitrogen and oxygen atoms in total. The molecule has 1 aromatic carbocycles. The Morgan fingerprint density at radius 3 is 2.65 bits per heavy atom. The van der Waals surface area contributed by atoms with Gasteiger partial charge in [0.2, 0.25) is 0 Å². The molecule has 0 aliphatic carbocycles. The molecule has 1 N–H and O–H groups in total. The number of benzene rings is 1. The van der Waals surface area contributed by atoms with Crippen LogP contribution in [0.3, 0.4) is 0 Å². The lowest BCUT2D eigenvalue weighted by Gasteiger charge is -2.07. The van der Waals surface area contributed by atoms with Gasteiger partial charge < -0.3 is 5.32 Å². The van der Waals surface area contributed by atoms with Gasteiger partial charge in [0.25, 0.3) is 0 Å². The number of rotatable bonds is 5. The number of aromatic nitrogens is 2. The Labute approximate surface area is 110 Å².